The highest BCUT2D eigenvalue weighted by molar-refractivity contribution is 9.10. The van der Waals surface area contributed by atoms with Crippen LogP contribution in [0.15, 0.2) is 53.0 Å². The number of hydrogen-bond donors (Lipinski definition) is 0. The Kier molecular flexibility index (Phi) is 5.45. The fourth-order valence-electron chi connectivity index (χ4n) is 3.49. The number of carbonyl (C=O) groups excluding carboxylic acids is 2. The molecule has 0 N–H and O–H groups in total. The van der Waals surface area contributed by atoms with Crippen LogP contribution in [0.4, 0.5) is 4.39 Å². The molecule has 1 saturated heterocycles. The van der Waals surface area contributed by atoms with Crippen molar-refractivity contribution in [3.8, 4) is 0 Å². The molecular formula is C20H19BrFNO2. The third-order valence-electron chi connectivity index (χ3n) is 4.66. The van der Waals surface area contributed by atoms with Crippen molar-refractivity contribution in [2.45, 2.75) is 19.4 Å². The van der Waals surface area contributed by atoms with Crippen molar-refractivity contribution in [3.05, 3.63) is 69.9 Å². The zero-order valence-corrected chi connectivity index (χ0v) is 15.5. The molecule has 0 aliphatic carbocycles. The molecule has 1 aliphatic heterocycles. The van der Waals surface area contributed by atoms with Gasteiger partial charge in [0.05, 0.1) is 18.5 Å². The highest BCUT2D eigenvalue weighted by Crippen LogP contribution is 2.37. The van der Waals surface area contributed by atoms with Crippen LogP contribution in [-0.2, 0) is 16.0 Å². The van der Waals surface area contributed by atoms with E-state index in [1.54, 1.807) is 12.1 Å². The van der Waals surface area contributed by atoms with Crippen LogP contribution < -0.4 is 0 Å². The van der Waals surface area contributed by atoms with Gasteiger partial charge in [0.15, 0.2) is 5.78 Å². The van der Waals surface area contributed by atoms with E-state index in [9.17, 15) is 14.0 Å². The van der Waals surface area contributed by atoms with Crippen molar-refractivity contribution in [2.75, 3.05) is 13.1 Å². The summed E-state index contributed by atoms with van der Waals surface area (Å²) >= 11 is 3.25. The van der Waals surface area contributed by atoms with E-state index in [1.165, 1.54) is 13.0 Å². The number of Topliss-reactive ketones (excluding diaryl/α,β-unsaturated/α-hetero) is 2. The average Bonchev–Trinajstić information content (AvgIpc) is 2.90. The van der Waals surface area contributed by atoms with Gasteiger partial charge in [0, 0.05) is 16.6 Å². The minimum Gasteiger partial charge on any atom is -0.299 e. The van der Waals surface area contributed by atoms with E-state index in [1.807, 2.05) is 35.2 Å². The van der Waals surface area contributed by atoms with Crippen LogP contribution >= 0.6 is 15.9 Å². The van der Waals surface area contributed by atoms with Gasteiger partial charge in [-0.1, -0.05) is 52.3 Å². The first-order valence-electron chi connectivity index (χ1n) is 8.23. The molecule has 5 heteroatoms. The standard InChI is InChI=1S/C20H19BrFNO2/c1-13(24)19-18(25)12-23(10-9-14-5-3-2-4-6-14)20(19)16-8-7-15(21)11-17(16)22/h2-8,11,19-20H,9-10,12H2,1H3. The highest BCUT2D eigenvalue weighted by atomic mass is 79.9. The zero-order chi connectivity index (χ0) is 18.0. The molecule has 2 atom stereocenters. The van der Waals surface area contributed by atoms with Crippen molar-refractivity contribution in [1.82, 2.24) is 4.90 Å². The molecule has 1 fully saturated rings. The van der Waals surface area contributed by atoms with Gasteiger partial charge >= 0.3 is 0 Å². The minimum absolute atomic E-state index is 0.132. The van der Waals surface area contributed by atoms with Crippen LogP contribution in [0, 0.1) is 11.7 Å². The monoisotopic (exact) mass is 403 g/mol. The maximum atomic E-state index is 14.5. The lowest BCUT2D eigenvalue weighted by Crippen LogP contribution is -2.30. The van der Waals surface area contributed by atoms with E-state index < -0.39 is 17.8 Å². The van der Waals surface area contributed by atoms with Crippen molar-refractivity contribution in [3.63, 3.8) is 0 Å². The van der Waals surface area contributed by atoms with Crippen molar-refractivity contribution in [2.24, 2.45) is 5.92 Å². The van der Waals surface area contributed by atoms with Crippen LogP contribution in [0.2, 0.25) is 0 Å². The Hall–Kier alpha value is -1.85. The second-order valence-corrected chi connectivity index (χ2v) is 7.29. The molecule has 0 amide bonds. The molecule has 1 aliphatic rings. The smallest absolute Gasteiger partial charge is 0.159 e. The molecule has 0 spiro atoms. The average molecular weight is 404 g/mol. The summed E-state index contributed by atoms with van der Waals surface area (Å²) in [6.45, 7) is 2.18. The molecule has 0 aromatic heterocycles. The molecule has 2 aromatic carbocycles. The van der Waals surface area contributed by atoms with Gasteiger partial charge < -0.3 is 0 Å². The summed E-state index contributed by atoms with van der Waals surface area (Å²) in [5, 5.41) is 0. The zero-order valence-electron chi connectivity index (χ0n) is 13.9. The predicted octanol–water partition coefficient (Wildman–Crippen LogP) is 3.96. The van der Waals surface area contributed by atoms with E-state index in [-0.39, 0.29) is 18.1 Å². The molecule has 0 saturated carbocycles. The molecule has 2 unspecified atom stereocenters. The number of hydrogen-bond acceptors (Lipinski definition) is 3. The van der Waals surface area contributed by atoms with Gasteiger partial charge in [-0.25, -0.2) is 4.39 Å². The maximum Gasteiger partial charge on any atom is 0.159 e. The van der Waals surface area contributed by atoms with Crippen LogP contribution in [0.3, 0.4) is 0 Å². The Balaban J connectivity index is 1.90. The first kappa shape index (κ1) is 18.0. The number of ketones is 2. The Morgan fingerprint density at radius 3 is 2.60 bits per heavy atom. The van der Waals surface area contributed by atoms with Gasteiger partial charge in [0.25, 0.3) is 0 Å². The summed E-state index contributed by atoms with van der Waals surface area (Å²) in [6.07, 6.45) is 0.743. The largest absolute Gasteiger partial charge is 0.299 e. The van der Waals surface area contributed by atoms with Gasteiger partial charge in [-0.05, 0) is 31.0 Å². The predicted molar refractivity (Wildman–Crippen MR) is 97.7 cm³/mol. The van der Waals surface area contributed by atoms with Gasteiger partial charge in [-0.3, -0.25) is 14.5 Å². The third-order valence-corrected chi connectivity index (χ3v) is 5.16. The van der Waals surface area contributed by atoms with Crippen molar-refractivity contribution >= 4 is 27.5 Å². The summed E-state index contributed by atoms with van der Waals surface area (Å²) in [5.74, 6) is -1.54. The molecule has 0 radical (unpaired) electrons. The Labute approximate surface area is 155 Å². The topological polar surface area (TPSA) is 37.4 Å². The Morgan fingerprint density at radius 1 is 1.24 bits per heavy atom. The molecule has 130 valence electrons. The Morgan fingerprint density at radius 2 is 1.96 bits per heavy atom. The van der Waals surface area contributed by atoms with E-state index in [0.717, 1.165) is 12.0 Å². The summed E-state index contributed by atoms with van der Waals surface area (Å²) < 4.78 is 15.2. The SMILES string of the molecule is CC(=O)C1C(=O)CN(CCc2ccccc2)C1c1ccc(Br)cc1F. The van der Waals surface area contributed by atoms with Gasteiger partial charge in [-0.15, -0.1) is 0 Å². The number of benzene rings is 2. The molecule has 25 heavy (non-hydrogen) atoms. The summed E-state index contributed by atoms with van der Waals surface area (Å²) in [7, 11) is 0. The summed E-state index contributed by atoms with van der Waals surface area (Å²) in [5.41, 5.74) is 1.55. The molecule has 1 heterocycles. The number of likely N-dealkylation sites (tertiary alicyclic amines) is 1. The van der Waals surface area contributed by atoms with E-state index >= 15 is 0 Å². The van der Waals surface area contributed by atoms with E-state index in [4.69, 9.17) is 0 Å². The van der Waals surface area contributed by atoms with Crippen molar-refractivity contribution in [1.29, 1.82) is 0 Å². The lowest BCUT2D eigenvalue weighted by Gasteiger charge is -2.27. The van der Waals surface area contributed by atoms with Gasteiger partial charge in [0.1, 0.15) is 11.6 Å². The van der Waals surface area contributed by atoms with Crippen LogP contribution in [0.1, 0.15) is 24.1 Å². The first-order chi connectivity index (χ1) is 12.0. The minimum atomic E-state index is -0.800. The number of rotatable bonds is 5. The number of halogens is 2. The van der Waals surface area contributed by atoms with Crippen LogP contribution in [-0.4, -0.2) is 29.6 Å². The maximum absolute atomic E-state index is 14.5. The number of nitrogens with zero attached hydrogens (tertiary/aromatic N) is 1. The summed E-state index contributed by atoms with van der Waals surface area (Å²) in [4.78, 5) is 26.4. The molecule has 3 nitrogen and oxygen atoms in total. The third kappa shape index (κ3) is 3.88. The second-order valence-electron chi connectivity index (χ2n) is 6.37. The quantitative estimate of drug-likeness (QED) is 0.708. The fourth-order valence-corrected chi connectivity index (χ4v) is 3.82. The fraction of sp³-hybridized carbons (Fsp3) is 0.300. The lowest BCUT2D eigenvalue weighted by molar-refractivity contribution is -0.129. The van der Waals surface area contributed by atoms with Crippen LogP contribution in [0.5, 0.6) is 0 Å². The highest BCUT2D eigenvalue weighted by Gasteiger charge is 2.44. The molecule has 0 bridgehead atoms. The molecular weight excluding hydrogens is 385 g/mol. The van der Waals surface area contributed by atoms with Gasteiger partial charge in [0.2, 0.25) is 0 Å². The number of carbonyl (C=O) groups is 2. The van der Waals surface area contributed by atoms with Crippen molar-refractivity contribution < 1.29 is 14.0 Å². The lowest BCUT2D eigenvalue weighted by atomic mass is 9.89. The van der Waals surface area contributed by atoms with E-state index in [2.05, 4.69) is 15.9 Å². The van der Waals surface area contributed by atoms with Crippen LogP contribution in [0.25, 0.3) is 0 Å². The molecule has 3 rings (SSSR count). The first-order valence-corrected chi connectivity index (χ1v) is 9.03. The molecule has 2 aromatic rings. The Bertz CT molecular complexity index is 794. The second kappa shape index (κ2) is 7.58. The normalized spacial score (nSPS) is 20.8. The summed E-state index contributed by atoms with van der Waals surface area (Å²) in [6, 6.07) is 14.2. The van der Waals surface area contributed by atoms with Gasteiger partial charge in [-0.2, -0.15) is 0 Å². The van der Waals surface area contributed by atoms with E-state index in [0.29, 0.717) is 16.6 Å².